The number of aliphatic hydroxyl groups excluding tert-OH is 2. The second-order valence-corrected chi connectivity index (χ2v) is 26.3. The van der Waals surface area contributed by atoms with Crippen LogP contribution in [0.1, 0.15) is 177 Å². The summed E-state index contributed by atoms with van der Waals surface area (Å²) in [5.41, 5.74) is 8.92. The molecule has 7 aliphatic rings. The van der Waals surface area contributed by atoms with E-state index in [-0.39, 0.29) is 199 Å². The highest BCUT2D eigenvalue weighted by Gasteiger charge is 2.55. The summed E-state index contributed by atoms with van der Waals surface area (Å²) >= 11 is 0. The first-order chi connectivity index (χ1) is 46.0. The molecule has 6 amide bonds. The van der Waals surface area contributed by atoms with Gasteiger partial charge in [-0.25, -0.2) is 14.2 Å². The fourth-order valence-electron chi connectivity index (χ4n) is 14.6. The van der Waals surface area contributed by atoms with Crippen LogP contribution in [-0.2, 0) is 63.9 Å². The maximum atomic E-state index is 15.5. The Kier molecular flexibility index (Phi) is 27.0. The Bertz CT molecular complexity index is 3240. The number of Topliss-reactive ketones (excluding diaryl/α,β-unsaturated/α-hetero) is 2. The van der Waals surface area contributed by atoms with Crippen molar-refractivity contribution in [1.29, 1.82) is 0 Å². The van der Waals surface area contributed by atoms with E-state index in [1.165, 1.54) is 17.9 Å². The Morgan fingerprint density at radius 1 is 0.938 bits per heavy atom. The van der Waals surface area contributed by atoms with Crippen LogP contribution in [0.15, 0.2) is 59.0 Å². The predicted molar refractivity (Wildman–Crippen MR) is 353 cm³/mol. The van der Waals surface area contributed by atoms with E-state index in [9.17, 15) is 58.5 Å². The lowest BCUT2D eigenvalue weighted by Crippen LogP contribution is -2.51. The number of aliphatic hydroxyl groups is 3. The number of esters is 1. The van der Waals surface area contributed by atoms with Crippen molar-refractivity contribution in [3.8, 4) is 0 Å². The van der Waals surface area contributed by atoms with Gasteiger partial charge < -0.3 is 72.1 Å². The number of nitrogens with zero attached hydrogens (tertiary/aromatic N) is 2. The number of ether oxygens (including phenoxy) is 3. The van der Waals surface area contributed by atoms with Gasteiger partial charge in [-0.3, -0.25) is 43.7 Å². The molecule has 12 N–H and O–H groups in total. The molecule has 2 fully saturated rings. The Morgan fingerprint density at radius 3 is 2.39 bits per heavy atom. The van der Waals surface area contributed by atoms with Crippen LogP contribution in [-0.4, -0.2) is 175 Å². The van der Waals surface area contributed by atoms with Crippen LogP contribution in [0.25, 0.3) is 11.8 Å². The molecule has 3 aliphatic heterocycles. The number of halogens is 1. The van der Waals surface area contributed by atoms with Crippen LogP contribution in [0.2, 0.25) is 0 Å². The monoisotopic (exact) mass is 1340 g/mol. The van der Waals surface area contributed by atoms with Gasteiger partial charge in [0.05, 0.1) is 75.1 Å². The van der Waals surface area contributed by atoms with Gasteiger partial charge in [0, 0.05) is 92.9 Å². The number of carbonyl (C=O) groups excluding carboxylic acids is 9. The van der Waals surface area contributed by atoms with Crippen LogP contribution in [0.5, 0.6) is 0 Å². The predicted octanol–water partition coefficient (Wildman–Crippen LogP) is 3.58. The molecule has 0 bridgehead atoms. The molecule has 4 heterocycles. The Balaban J connectivity index is 0.694. The standard InChI is InChI=1S/C70H99FN10O15/c1-6-69(7-2,45-31-46(72)32-45)52-34-62(89)81(67(52)91)25-21-57(84)74-24-27-95-29-28-94-26-22-58(85)77-38-61(88)76-36-47(83)17-12-16-44(30-43-14-10-9-11-15-43)66(90)78-39-60(87)73-23-13-18-59(86)79-54-20-19-48-41(4)53(71)35-55-63(48)64(54)49-37-75-56(65(49)80-55)33-51-50(42(5)82)40-96-68(92)70(51,93)8-3/h9-10,12,14,16,33,35,41,44-46,48,52,54,61,67,75-76,88,91,93H,6-8,11,13,15,17-32,34,36-40,72H2,1-5H3,(H,73,87)(H,74,84)(H,77,85)(H,78,90)(H,79,86)/b16-12+,56-33-/t41?,44?,45?,46?,48?,52?,54-,61?,67?,70-/m0/s1. The van der Waals surface area contributed by atoms with E-state index in [0.29, 0.717) is 42.3 Å². The smallest absolute Gasteiger partial charge is 0.343 e. The number of cyclic esters (lactones) is 1. The fourth-order valence-corrected chi connectivity index (χ4v) is 14.6. The van der Waals surface area contributed by atoms with Gasteiger partial charge >= 0.3 is 5.97 Å². The molecule has 8 atom stereocenters. The number of hydrogen-bond donors (Lipinski definition) is 11. The summed E-state index contributed by atoms with van der Waals surface area (Å²) in [7, 11) is 0. The van der Waals surface area contributed by atoms with E-state index in [4.69, 9.17) is 24.9 Å². The van der Waals surface area contributed by atoms with Crippen molar-refractivity contribution < 1.29 is 77.1 Å². The first-order valence-electron chi connectivity index (χ1n) is 34.3. The molecule has 1 aromatic rings. The second kappa shape index (κ2) is 34.7. The Morgan fingerprint density at radius 2 is 1.68 bits per heavy atom. The normalized spacial score (nSPS) is 24.6. The molecule has 0 spiro atoms. The molecule has 8 rings (SSSR count). The minimum absolute atomic E-state index is 0.00954. The first-order valence-corrected chi connectivity index (χ1v) is 34.3. The number of allylic oxidation sites excluding steroid dienone is 6. The number of ketones is 2. The minimum Gasteiger partial charge on any atom is -0.458 e. The largest absolute Gasteiger partial charge is 0.458 e. The van der Waals surface area contributed by atoms with Crippen molar-refractivity contribution in [3.05, 3.63) is 87.1 Å². The number of aromatic nitrogens is 1. The van der Waals surface area contributed by atoms with E-state index in [2.05, 4.69) is 51.1 Å². The molecule has 526 valence electrons. The van der Waals surface area contributed by atoms with Gasteiger partial charge in [0.25, 0.3) is 0 Å². The lowest BCUT2D eigenvalue weighted by atomic mass is 9.55. The van der Waals surface area contributed by atoms with Crippen molar-refractivity contribution >= 4 is 64.8 Å². The van der Waals surface area contributed by atoms with Crippen molar-refractivity contribution in [2.24, 2.45) is 34.8 Å². The molecule has 1 saturated carbocycles. The highest BCUT2D eigenvalue weighted by atomic mass is 19.1. The van der Waals surface area contributed by atoms with Gasteiger partial charge in [0.15, 0.2) is 11.4 Å². The summed E-state index contributed by atoms with van der Waals surface area (Å²) < 4.78 is 31.7. The van der Waals surface area contributed by atoms with Gasteiger partial charge in [0.2, 0.25) is 35.4 Å². The van der Waals surface area contributed by atoms with Gasteiger partial charge in [-0.15, -0.1) is 0 Å². The molecule has 0 aromatic carbocycles. The van der Waals surface area contributed by atoms with Gasteiger partial charge in [-0.05, 0) is 118 Å². The number of carbonyl (C=O) groups is 9. The quantitative estimate of drug-likeness (QED) is 0.0196. The lowest BCUT2D eigenvalue weighted by molar-refractivity contribution is -0.163. The molecule has 6 unspecified atom stereocenters. The third kappa shape index (κ3) is 18.5. The number of nitrogens with two attached hydrogens (primary N) is 1. The van der Waals surface area contributed by atoms with E-state index < -0.39 is 53.7 Å². The summed E-state index contributed by atoms with van der Waals surface area (Å²) in [4.78, 5) is 123. The van der Waals surface area contributed by atoms with Crippen LogP contribution < -0.4 is 43.0 Å². The highest BCUT2D eigenvalue weighted by molar-refractivity contribution is 6.00. The average molecular weight is 1340 g/mol. The zero-order chi connectivity index (χ0) is 69.3. The second-order valence-electron chi connectivity index (χ2n) is 26.3. The average Bonchev–Trinajstić information content (AvgIpc) is 1.38. The molecular formula is C70H99FN10O15. The molecule has 25 nitrogen and oxygen atoms in total. The van der Waals surface area contributed by atoms with Crippen molar-refractivity contribution in [3.63, 3.8) is 0 Å². The van der Waals surface area contributed by atoms with E-state index >= 15 is 4.39 Å². The molecule has 96 heavy (non-hydrogen) atoms. The third-order valence-electron chi connectivity index (χ3n) is 20.4. The first kappa shape index (κ1) is 74.5. The fraction of sp³-hybridized carbons (Fsp3) is 0.629. The number of rotatable bonds is 37. The van der Waals surface area contributed by atoms with Crippen molar-refractivity contribution in [1.82, 2.24) is 47.1 Å². The molecule has 1 aromatic heterocycles. The Hall–Kier alpha value is -7.33. The van der Waals surface area contributed by atoms with E-state index in [1.54, 1.807) is 25.2 Å². The van der Waals surface area contributed by atoms with Gasteiger partial charge in [0.1, 0.15) is 30.7 Å². The highest BCUT2D eigenvalue weighted by Crippen LogP contribution is 2.55. The summed E-state index contributed by atoms with van der Waals surface area (Å²) in [6.45, 7) is 9.51. The number of nitrogens with one attached hydrogen (secondary N) is 7. The van der Waals surface area contributed by atoms with Crippen LogP contribution >= 0.6 is 0 Å². The van der Waals surface area contributed by atoms with Gasteiger partial charge in [-0.1, -0.05) is 63.6 Å². The topological polar surface area (TPSA) is 368 Å². The molecule has 1 saturated heterocycles. The SMILES string of the molecule is CCC(CC)(C1CC(N)C1)C1CC(=O)N(CCC(=O)NCCOCCOCCC(=O)NCC(O)NCC(=O)C/C=C/C(CC2=CC=CCC2)C(=O)NCC(=O)NCCCC(=O)N[C@H]2CCC3c4c(nc5c(c42)CN/C5=C\C2=C(C(C)=O)COC(=O)[C@]2(O)CC)C=C(F)C3C)C1O. The van der Waals surface area contributed by atoms with Crippen molar-refractivity contribution in [2.75, 3.05) is 72.3 Å². The van der Waals surface area contributed by atoms with Crippen LogP contribution in [0.4, 0.5) is 4.39 Å². The van der Waals surface area contributed by atoms with Crippen LogP contribution in [0, 0.1) is 29.1 Å². The zero-order valence-electron chi connectivity index (χ0n) is 56.1. The van der Waals surface area contributed by atoms with Crippen LogP contribution in [0.3, 0.4) is 0 Å². The number of fused-ring (bicyclic) bond motifs is 2. The molecular weight excluding hydrogens is 1240 g/mol. The summed E-state index contributed by atoms with van der Waals surface area (Å²) in [6, 6.07) is -0.289. The number of amides is 6. The summed E-state index contributed by atoms with van der Waals surface area (Å²) in [5, 5.41) is 53.2. The maximum Gasteiger partial charge on any atom is 0.343 e. The Labute approximate surface area is 560 Å². The number of pyridine rings is 1. The maximum absolute atomic E-state index is 15.5. The minimum atomic E-state index is -2.08. The molecule has 26 heteroatoms. The van der Waals surface area contributed by atoms with Gasteiger partial charge in [-0.2, -0.15) is 0 Å². The number of likely N-dealkylation sites (tertiary alicyclic amines) is 1. The molecule has 4 aliphatic carbocycles. The summed E-state index contributed by atoms with van der Waals surface area (Å²) in [6.07, 6.45) is 17.0. The lowest BCUT2D eigenvalue weighted by Gasteiger charge is -2.51. The van der Waals surface area contributed by atoms with E-state index in [1.807, 2.05) is 25.2 Å². The summed E-state index contributed by atoms with van der Waals surface area (Å²) in [5.74, 6) is -4.88. The van der Waals surface area contributed by atoms with E-state index in [0.717, 1.165) is 60.8 Å². The molecule has 0 radical (unpaired) electrons. The van der Waals surface area contributed by atoms with Crippen molar-refractivity contribution in [2.45, 2.75) is 180 Å². The zero-order valence-corrected chi connectivity index (χ0v) is 56.1. The number of hydrogen-bond acceptors (Lipinski definition) is 19. The third-order valence-corrected chi connectivity index (χ3v) is 20.4.